The minimum absolute atomic E-state index is 0.123. The molecule has 3 rings (SSSR count). The summed E-state index contributed by atoms with van der Waals surface area (Å²) >= 11 is 0. The summed E-state index contributed by atoms with van der Waals surface area (Å²) in [5.74, 6) is 1.55. The Balaban J connectivity index is 1.95. The summed E-state index contributed by atoms with van der Waals surface area (Å²) in [6.07, 6.45) is 9.15. The lowest BCUT2D eigenvalue weighted by molar-refractivity contribution is 0.869. The zero-order valence-corrected chi connectivity index (χ0v) is 11.4. The molecule has 0 radical (unpaired) electrons. The number of fused-ring (bicyclic) bond motifs is 1. The van der Waals surface area contributed by atoms with E-state index in [4.69, 9.17) is 0 Å². The molecule has 20 heavy (non-hydrogen) atoms. The summed E-state index contributed by atoms with van der Waals surface area (Å²) in [5, 5.41) is 6.45. The van der Waals surface area contributed by atoms with Crippen LogP contribution in [0.1, 0.15) is 18.5 Å². The van der Waals surface area contributed by atoms with E-state index >= 15 is 0 Å². The van der Waals surface area contributed by atoms with E-state index in [0.29, 0.717) is 0 Å². The molecule has 6 nitrogen and oxygen atoms in total. The number of nitrogens with zero attached hydrogens (tertiary/aromatic N) is 4. The fraction of sp³-hybridized carbons (Fsp3) is 0.214. The van der Waals surface area contributed by atoms with Gasteiger partial charge in [0.15, 0.2) is 11.5 Å². The van der Waals surface area contributed by atoms with Crippen LogP contribution in [0, 0.1) is 0 Å². The number of imidazole rings is 1. The lowest BCUT2D eigenvalue weighted by Gasteiger charge is -2.16. The van der Waals surface area contributed by atoms with Crippen molar-refractivity contribution < 1.29 is 0 Å². The van der Waals surface area contributed by atoms with E-state index in [-0.39, 0.29) is 6.04 Å². The average Bonchev–Trinajstić information content (AvgIpc) is 2.96. The van der Waals surface area contributed by atoms with E-state index in [9.17, 15) is 0 Å². The molecule has 0 amide bonds. The number of pyridine rings is 1. The molecule has 1 unspecified atom stereocenters. The van der Waals surface area contributed by atoms with E-state index in [1.165, 1.54) is 0 Å². The van der Waals surface area contributed by atoms with Gasteiger partial charge in [-0.05, 0) is 24.6 Å². The molecule has 0 spiro atoms. The molecule has 0 aliphatic carbocycles. The summed E-state index contributed by atoms with van der Waals surface area (Å²) in [7, 11) is 1.85. The van der Waals surface area contributed by atoms with Crippen molar-refractivity contribution in [2.45, 2.75) is 13.0 Å². The van der Waals surface area contributed by atoms with Gasteiger partial charge in [0.2, 0.25) is 0 Å². The maximum atomic E-state index is 4.54. The highest BCUT2D eigenvalue weighted by atomic mass is 15.1. The van der Waals surface area contributed by atoms with E-state index in [0.717, 1.165) is 22.8 Å². The van der Waals surface area contributed by atoms with Gasteiger partial charge < -0.3 is 15.0 Å². The van der Waals surface area contributed by atoms with Crippen LogP contribution in [0.15, 0.2) is 43.1 Å². The zero-order chi connectivity index (χ0) is 13.9. The third kappa shape index (κ3) is 2.27. The third-order valence-corrected chi connectivity index (χ3v) is 3.19. The maximum Gasteiger partial charge on any atom is 0.180 e. The van der Waals surface area contributed by atoms with Crippen molar-refractivity contribution in [1.82, 2.24) is 19.4 Å². The van der Waals surface area contributed by atoms with Crippen LogP contribution in [-0.4, -0.2) is 26.4 Å². The molecule has 0 bridgehead atoms. The minimum Gasteiger partial charge on any atom is -0.372 e. The first-order valence-electron chi connectivity index (χ1n) is 6.46. The zero-order valence-electron chi connectivity index (χ0n) is 11.4. The molecule has 6 heteroatoms. The van der Waals surface area contributed by atoms with Crippen molar-refractivity contribution in [3.05, 3.63) is 48.7 Å². The van der Waals surface area contributed by atoms with Crippen LogP contribution in [0.5, 0.6) is 0 Å². The van der Waals surface area contributed by atoms with Gasteiger partial charge in [0.1, 0.15) is 5.82 Å². The van der Waals surface area contributed by atoms with Crippen LogP contribution in [0.4, 0.5) is 11.6 Å². The molecule has 0 saturated heterocycles. The number of hydrogen-bond acceptors (Lipinski definition) is 5. The van der Waals surface area contributed by atoms with Gasteiger partial charge in [0.05, 0.1) is 12.2 Å². The Morgan fingerprint density at radius 2 is 2.00 bits per heavy atom. The molecule has 2 N–H and O–H groups in total. The lowest BCUT2D eigenvalue weighted by Crippen LogP contribution is -2.10. The van der Waals surface area contributed by atoms with Crippen molar-refractivity contribution >= 4 is 17.3 Å². The Labute approximate surface area is 116 Å². The van der Waals surface area contributed by atoms with Gasteiger partial charge in [-0.3, -0.25) is 4.98 Å². The van der Waals surface area contributed by atoms with E-state index in [1.807, 2.05) is 36.0 Å². The number of anilines is 2. The highest BCUT2D eigenvalue weighted by Gasteiger charge is 2.11. The topological polar surface area (TPSA) is 67.1 Å². The summed E-state index contributed by atoms with van der Waals surface area (Å²) in [6.45, 7) is 2.09. The first-order chi connectivity index (χ1) is 9.78. The Bertz CT molecular complexity index is 706. The van der Waals surface area contributed by atoms with Crippen molar-refractivity contribution in [2.75, 3.05) is 17.7 Å². The second-order valence-corrected chi connectivity index (χ2v) is 4.53. The van der Waals surface area contributed by atoms with E-state index < -0.39 is 0 Å². The van der Waals surface area contributed by atoms with Gasteiger partial charge in [-0.2, -0.15) is 0 Å². The van der Waals surface area contributed by atoms with Crippen LogP contribution in [-0.2, 0) is 0 Å². The van der Waals surface area contributed by atoms with Crippen molar-refractivity contribution in [3.8, 4) is 0 Å². The molecule has 3 heterocycles. The van der Waals surface area contributed by atoms with Gasteiger partial charge in [0.25, 0.3) is 0 Å². The summed E-state index contributed by atoms with van der Waals surface area (Å²) in [4.78, 5) is 12.9. The van der Waals surface area contributed by atoms with Gasteiger partial charge in [-0.15, -0.1) is 0 Å². The fourth-order valence-corrected chi connectivity index (χ4v) is 2.09. The number of hydrogen-bond donors (Lipinski definition) is 2. The fourth-order valence-electron chi connectivity index (χ4n) is 2.09. The molecular formula is C14H16N6. The number of rotatable bonds is 4. The van der Waals surface area contributed by atoms with Crippen molar-refractivity contribution in [2.24, 2.45) is 0 Å². The van der Waals surface area contributed by atoms with E-state index in [2.05, 4.69) is 32.5 Å². The first-order valence-corrected chi connectivity index (χ1v) is 6.46. The maximum absolute atomic E-state index is 4.54. The number of aromatic nitrogens is 4. The summed E-state index contributed by atoms with van der Waals surface area (Å²) < 4.78 is 1.94. The van der Waals surface area contributed by atoms with Crippen molar-refractivity contribution in [3.63, 3.8) is 0 Å². The third-order valence-electron chi connectivity index (χ3n) is 3.19. The Kier molecular flexibility index (Phi) is 3.20. The van der Waals surface area contributed by atoms with Crippen LogP contribution in [0.25, 0.3) is 5.65 Å². The molecule has 0 aliphatic rings. The highest BCUT2D eigenvalue weighted by Crippen LogP contribution is 2.21. The van der Waals surface area contributed by atoms with Crippen LogP contribution in [0.3, 0.4) is 0 Å². The van der Waals surface area contributed by atoms with Gasteiger partial charge >= 0.3 is 0 Å². The predicted molar refractivity (Wildman–Crippen MR) is 78.8 cm³/mol. The Morgan fingerprint density at radius 1 is 1.20 bits per heavy atom. The molecule has 0 aromatic carbocycles. The summed E-state index contributed by atoms with van der Waals surface area (Å²) in [6, 6.07) is 4.10. The SMILES string of the molecule is CNc1cn2ccnc2c(NC(C)c2ccncc2)n1. The second-order valence-electron chi connectivity index (χ2n) is 4.53. The molecule has 0 saturated carbocycles. The minimum atomic E-state index is 0.123. The van der Waals surface area contributed by atoms with Gasteiger partial charge in [-0.25, -0.2) is 9.97 Å². The first kappa shape index (κ1) is 12.4. The smallest absolute Gasteiger partial charge is 0.180 e. The molecule has 3 aromatic rings. The second kappa shape index (κ2) is 5.16. The normalized spacial score (nSPS) is 12.3. The van der Waals surface area contributed by atoms with Crippen LogP contribution in [0.2, 0.25) is 0 Å². The quantitative estimate of drug-likeness (QED) is 0.760. The van der Waals surface area contributed by atoms with Crippen LogP contribution < -0.4 is 10.6 Å². The van der Waals surface area contributed by atoms with Crippen LogP contribution >= 0.6 is 0 Å². The number of nitrogens with one attached hydrogen (secondary N) is 2. The average molecular weight is 268 g/mol. The molecule has 3 aromatic heterocycles. The summed E-state index contributed by atoms with van der Waals surface area (Å²) in [5.41, 5.74) is 1.96. The monoisotopic (exact) mass is 268 g/mol. The molecule has 102 valence electrons. The lowest BCUT2D eigenvalue weighted by atomic mass is 10.1. The standard InChI is InChI=1S/C14H16N6/c1-10(11-3-5-16-6-4-11)18-13-14-17-7-8-20(14)9-12(15-2)19-13/h3-10,15H,1-2H3,(H,18,19). The van der Waals surface area contributed by atoms with Gasteiger partial charge in [-0.1, -0.05) is 0 Å². The molecule has 0 aliphatic heterocycles. The highest BCUT2D eigenvalue weighted by molar-refractivity contribution is 5.65. The Morgan fingerprint density at radius 3 is 2.75 bits per heavy atom. The molecule has 1 atom stereocenters. The van der Waals surface area contributed by atoms with Gasteiger partial charge in [0, 0.05) is 31.8 Å². The molecule has 0 fully saturated rings. The van der Waals surface area contributed by atoms with Crippen molar-refractivity contribution in [1.29, 1.82) is 0 Å². The Hall–Kier alpha value is -2.63. The predicted octanol–water partition coefficient (Wildman–Crippen LogP) is 2.34. The van der Waals surface area contributed by atoms with E-state index in [1.54, 1.807) is 18.6 Å². The molecular weight excluding hydrogens is 252 g/mol. The largest absolute Gasteiger partial charge is 0.372 e.